The number of hydrogen-bond donors (Lipinski definition) is 2. The number of rotatable bonds is 20. The number of hydrogen-bond acceptors (Lipinski definition) is 10. The van der Waals surface area contributed by atoms with E-state index in [0.29, 0.717) is 25.1 Å². The molecule has 0 radical (unpaired) electrons. The van der Waals surface area contributed by atoms with E-state index in [-0.39, 0.29) is 17.7 Å². The van der Waals surface area contributed by atoms with Crippen molar-refractivity contribution in [1.82, 2.24) is 5.32 Å². The molecule has 0 fully saturated rings. The summed E-state index contributed by atoms with van der Waals surface area (Å²) in [5.74, 6) is 9.12. The van der Waals surface area contributed by atoms with E-state index >= 15 is 0 Å². The van der Waals surface area contributed by atoms with Gasteiger partial charge in [0.25, 0.3) is 5.91 Å². The number of azo groups is 1. The number of nitrogens with zero attached hydrogens (tertiary/aromatic N) is 2. The van der Waals surface area contributed by atoms with Gasteiger partial charge in [-0.15, -0.1) is 11.8 Å². The molecule has 10 nitrogen and oxygen atoms in total. The number of ketones is 1. The number of nitrogens with one attached hydrogen (secondary N) is 2. The monoisotopic (exact) mass is 1710 g/mol. The van der Waals surface area contributed by atoms with Crippen LogP contribution in [0.4, 0.5) is 11.4 Å². The number of amides is 1. The third-order valence-electron chi connectivity index (χ3n) is 17.8. The van der Waals surface area contributed by atoms with Crippen LogP contribution in [0, 0.1) is 94.9 Å². The van der Waals surface area contributed by atoms with Gasteiger partial charge in [-0.25, -0.2) is 4.79 Å². The molecule has 0 heterocycles. The summed E-state index contributed by atoms with van der Waals surface area (Å²) in [5.41, 5.74) is 24.7. The highest BCUT2D eigenvalue weighted by molar-refractivity contribution is 7.99. The molecule has 0 aliphatic heterocycles. The Hall–Kier alpha value is -12.1. The molecule has 12 rings (SSSR count). The molecule has 12 aromatic carbocycles. The van der Waals surface area contributed by atoms with Gasteiger partial charge in [-0.1, -0.05) is 326 Å². The second-order valence-corrected chi connectivity index (χ2v) is 30.7. The van der Waals surface area contributed by atoms with Crippen LogP contribution in [0.15, 0.2) is 312 Å². The molecule has 0 saturated carbocycles. The minimum atomic E-state index is -0.252. The zero-order valence-corrected chi connectivity index (χ0v) is 81.4. The maximum Gasteiger partial charge on any atom is 0.338 e. The number of benzene rings is 12. The molecule has 0 unspecified atom stereocenters. The van der Waals surface area contributed by atoms with E-state index in [1.807, 2.05) is 201 Å². The Balaban J connectivity index is 0.000000688. The summed E-state index contributed by atoms with van der Waals surface area (Å²) in [7, 11) is 0. The minimum Gasteiger partial charge on any atom is -0.494 e. The van der Waals surface area contributed by atoms with E-state index in [0.717, 1.165) is 97.2 Å². The van der Waals surface area contributed by atoms with Crippen LogP contribution in [-0.2, 0) is 17.6 Å². The SMILES string of the molecule is CCC#Cc1ccc(C)cc1.CCC(=O)c1ccc(C)cc1.CCC=Cc1ccc(C)cc1.CCN=Nc1ccc(C)cc1.CCNC(=O)c1ccc(C)cc1.CCNc1ccc(C)cc1.CCOC(=O)c1ccc(C)cc1.CCOc1ccc(C)cc1.CCOc1ccc(C)cc1.CCSc1ccc(C)cc1.CCc1ccc(C)cc1.CCc1ccc(C)cc1. The van der Waals surface area contributed by atoms with E-state index in [2.05, 4.69) is 294 Å². The fraction of sp³-hybridized carbons (Fsp3) is 0.313. The van der Waals surface area contributed by atoms with Gasteiger partial charge in [-0.3, -0.25) is 9.59 Å². The number of Topliss-reactive ketones (excluding diaryl/α,β-unsaturated/α-hetero) is 1. The topological polar surface area (TPSA) is 128 Å². The number of carbonyl (C=O) groups is 3. The van der Waals surface area contributed by atoms with Crippen LogP contribution in [-0.4, -0.2) is 62.9 Å². The zero-order chi connectivity index (χ0) is 93.5. The average molecular weight is 1710 g/mol. The van der Waals surface area contributed by atoms with Crippen LogP contribution in [0.25, 0.3) is 6.08 Å². The largest absolute Gasteiger partial charge is 0.494 e. The van der Waals surface area contributed by atoms with Gasteiger partial charge in [-0.2, -0.15) is 10.2 Å². The fourth-order valence-corrected chi connectivity index (χ4v) is 10.9. The summed E-state index contributed by atoms with van der Waals surface area (Å²) in [6.45, 7) is 53.4. The van der Waals surface area contributed by atoms with Gasteiger partial charge in [-0.05, 0) is 263 Å². The summed E-state index contributed by atoms with van der Waals surface area (Å²) < 4.78 is 15.4. The predicted molar refractivity (Wildman–Crippen MR) is 546 cm³/mol. The van der Waals surface area contributed by atoms with Gasteiger partial charge >= 0.3 is 5.97 Å². The first-order chi connectivity index (χ1) is 60.6. The second kappa shape index (κ2) is 71.2. The highest BCUT2D eigenvalue weighted by atomic mass is 32.2. The van der Waals surface area contributed by atoms with Crippen molar-refractivity contribution in [2.75, 3.05) is 50.5 Å². The van der Waals surface area contributed by atoms with Gasteiger partial charge in [0.15, 0.2) is 5.78 Å². The van der Waals surface area contributed by atoms with Crippen molar-refractivity contribution in [2.24, 2.45) is 10.2 Å². The van der Waals surface area contributed by atoms with Crippen LogP contribution in [0.1, 0.15) is 222 Å². The Morgan fingerprint density at radius 3 is 1.06 bits per heavy atom. The van der Waals surface area contributed by atoms with Crippen molar-refractivity contribution < 1.29 is 28.6 Å². The van der Waals surface area contributed by atoms with Crippen molar-refractivity contribution in [2.45, 2.75) is 203 Å². The van der Waals surface area contributed by atoms with Gasteiger partial charge in [0.1, 0.15) is 11.5 Å². The molecule has 2 N–H and O–H groups in total. The van der Waals surface area contributed by atoms with Crippen LogP contribution in [0.5, 0.6) is 11.5 Å². The molecule has 126 heavy (non-hydrogen) atoms. The first-order valence-corrected chi connectivity index (χ1v) is 45.6. The third-order valence-corrected chi connectivity index (χ3v) is 18.7. The number of allylic oxidation sites excluding steroid dienone is 1. The van der Waals surface area contributed by atoms with E-state index in [1.54, 1.807) is 19.1 Å². The molecule has 0 bridgehead atoms. The summed E-state index contributed by atoms with van der Waals surface area (Å²) in [5, 5.41) is 13.9. The summed E-state index contributed by atoms with van der Waals surface area (Å²) in [6.07, 6.45) is 9.22. The molecular formula is C115H148N4O6S. The standard InChI is InChI=1S/C11H14.C11H12.C10H13NO.C10H12O2.C10H12O.C9H12N2.C9H13N.2C9H12O.C9H12S.2C9H12/c2*1-3-4-5-11-8-6-10(2)7-9-11;1-3-11-10(12)9-6-4-8(2)5-7-9;1-3-12-10(11)9-6-4-8(2)5-7-9;1-3-10(11)9-6-4-8(2)5-7-9;1-3-10-11-9-6-4-8(2)5-7-9;4*1-3-10-9-6-4-8(2)5-7-9;2*1-3-9-6-4-8(2)5-7-9/h4-9H,3H2,1-2H3;6-9H,3H2,1-2H3;4-7H,3H2,1-2H3,(H,11,12);4-7H,3H2,1-2H3;2*4-7H,3H2,1-2H3;4-7,10H,3H2,1-2H3;3*4-7H,3H2,1-2H3;2*4-7H,3H2,1-2H3. The highest BCUT2D eigenvalue weighted by Gasteiger charge is 2.05. The quantitative estimate of drug-likeness (QED) is 0.0254. The van der Waals surface area contributed by atoms with Crippen LogP contribution in [0.2, 0.25) is 0 Å². The maximum absolute atomic E-state index is 11.2. The number of carbonyl (C=O) groups excluding carboxylic acids is 3. The molecule has 0 spiro atoms. The smallest absolute Gasteiger partial charge is 0.338 e. The molecule has 0 aliphatic rings. The van der Waals surface area contributed by atoms with Crippen molar-refractivity contribution in [3.8, 4) is 23.3 Å². The lowest BCUT2D eigenvalue weighted by Gasteiger charge is -2.01. The zero-order valence-electron chi connectivity index (χ0n) is 80.6. The molecule has 670 valence electrons. The lowest BCUT2D eigenvalue weighted by molar-refractivity contribution is 0.0526. The van der Waals surface area contributed by atoms with Crippen LogP contribution < -0.4 is 20.1 Å². The Bertz CT molecular complexity index is 4530. The van der Waals surface area contributed by atoms with Crippen molar-refractivity contribution in [3.63, 3.8) is 0 Å². The molecule has 11 heteroatoms. The minimum absolute atomic E-state index is 0.00231. The van der Waals surface area contributed by atoms with Gasteiger partial charge in [0.05, 0.1) is 37.6 Å². The van der Waals surface area contributed by atoms with E-state index in [4.69, 9.17) is 14.2 Å². The number of ether oxygens (including phenoxy) is 3. The molecule has 1 amide bonds. The highest BCUT2D eigenvalue weighted by Crippen LogP contribution is 2.19. The Morgan fingerprint density at radius 2 is 0.722 bits per heavy atom. The lowest BCUT2D eigenvalue weighted by Crippen LogP contribution is -2.22. The second-order valence-electron chi connectivity index (χ2n) is 29.4. The molecule has 0 aliphatic carbocycles. The van der Waals surface area contributed by atoms with E-state index in [9.17, 15) is 14.4 Å². The van der Waals surface area contributed by atoms with E-state index < -0.39 is 0 Å². The average Bonchev–Trinajstić information content (AvgIpc) is 0.901. The molecular weight excluding hydrogens is 1570 g/mol. The Labute approximate surface area is 766 Å². The normalized spacial score (nSPS) is 9.65. The molecule has 12 aromatic rings. The van der Waals surface area contributed by atoms with Gasteiger partial charge in [0.2, 0.25) is 0 Å². The van der Waals surface area contributed by atoms with Crippen molar-refractivity contribution in [1.29, 1.82) is 0 Å². The Morgan fingerprint density at radius 1 is 0.373 bits per heavy atom. The van der Waals surface area contributed by atoms with Crippen LogP contribution >= 0.6 is 11.8 Å². The lowest BCUT2D eigenvalue weighted by atomic mass is 10.1. The van der Waals surface area contributed by atoms with E-state index in [1.165, 1.54) is 88.5 Å². The fourth-order valence-electron chi connectivity index (χ4n) is 10.3. The Kier molecular flexibility index (Phi) is 63.2. The van der Waals surface area contributed by atoms with Crippen molar-refractivity contribution >= 4 is 46.9 Å². The first-order valence-electron chi connectivity index (χ1n) is 44.6. The number of thioether (sulfide) groups is 1. The number of esters is 1. The number of anilines is 1. The van der Waals surface area contributed by atoms with Gasteiger partial charge in [0, 0.05) is 53.2 Å². The number of aryl methyl sites for hydroxylation is 14. The molecule has 0 aromatic heterocycles. The molecule has 0 saturated heterocycles. The first kappa shape index (κ1) is 112. The van der Waals surface area contributed by atoms with Gasteiger partial charge < -0.3 is 24.8 Å². The van der Waals surface area contributed by atoms with Crippen LogP contribution in [0.3, 0.4) is 0 Å². The summed E-state index contributed by atoms with van der Waals surface area (Å²) >= 11 is 1.88. The summed E-state index contributed by atoms with van der Waals surface area (Å²) in [6, 6.07) is 97.9. The molecule has 0 atom stereocenters. The predicted octanol–water partition coefficient (Wildman–Crippen LogP) is 31.2. The maximum atomic E-state index is 11.2. The summed E-state index contributed by atoms with van der Waals surface area (Å²) in [4.78, 5) is 34.9. The third kappa shape index (κ3) is 56.6. The van der Waals surface area contributed by atoms with Crippen molar-refractivity contribution in [3.05, 3.63) is 403 Å².